The minimum Gasteiger partial charge on any atom is -0.364 e. The normalized spacial score (nSPS) is 17.1. The predicted molar refractivity (Wildman–Crippen MR) is 95.8 cm³/mol. The summed E-state index contributed by atoms with van der Waals surface area (Å²) in [6, 6.07) is 1.99. The Morgan fingerprint density at radius 3 is 2.69 bits per heavy atom. The number of likely N-dealkylation sites (tertiary alicyclic amines) is 1. The van der Waals surface area contributed by atoms with Gasteiger partial charge in [0.15, 0.2) is 0 Å². The van der Waals surface area contributed by atoms with E-state index in [-0.39, 0.29) is 6.03 Å². The standard InChI is InChI=1S/C18H24N6O2/c1-13-20-16-5-10-24(18(25)23-7-2-3-8-23)9-4-15(16)17(21-13)19-12-14-6-11-26-22-14/h6,11H,2-5,7-10,12H2,1H3,(H,19,20,21). The van der Waals surface area contributed by atoms with Crippen LogP contribution in [-0.2, 0) is 19.4 Å². The van der Waals surface area contributed by atoms with Gasteiger partial charge in [-0.2, -0.15) is 0 Å². The van der Waals surface area contributed by atoms with Crippen LogP contribution in [0.3, 0.4) is 0 Å². The third-order valence-corrected chi connectivity index (χ3v) is 5.03. The number of rotatable bonds is 3. The molecule has 1 saturated heterocycles. The minimum atomic E-state index is 0.164. The Morgan fingerprint density at radius 2 is 1.92 bits per heavy atom. The lowest BCUT2D eigenvalue weighted by molar-refractivity contribution is 0.164. The van der Waals surface area contributed by atoms with Crippen molar-refractivity contribution in [2.24, 2.45) is 0 Å². The molecule has 4 heterocycles. The van der Waals surface area contributed by atoms with Gasteiger partial charge < -0.3 is 19.6 Å². The van der Waals surface area contributed by atoms with E-state index < -0.39 is 0 Å². The van der Waals surface area contributed by atoms with E-state index in [2.05, 4.69) is 20.4 Å². The molecule has 138 valence electrons. The van der Waals surface area contributed by atoms with E-state index in [1.165, 1.54) is 0 Å². The fourth-order valence-electron chi connectivity index (χ4n) is 3.67. The number of nitrogens with zero attached hydrogens (tertiary/aromatic N) is 5. The van der Waals surface area contributed by atoms with Crippen LogP contribution in [0.4, 0.5) is 10.6 Å². The molecule has 2 aromatic heterocycles. The number of carbonyl (C=O) groups excluding carboxylic acids is 1. The Balaban J connectivity index is 1.49. The highest BCUT2D eigenvalue weighted by Crippen LogP contribution is 2.23. The van der Waals surface area contributed by atoms with Gasteiger partial charge in [-0.05, 0) is 26.2 Å². The molecular weight excluding hydrogens is 332 g/mol. The molecule has 0 unspecified atom stereocenters. The molecule has 0 bridgehead atoms. The summed E-state index contributed by atoms with van der Waals surface area (Å²) in [6.07, 6.45) is 5.30. The fourth-order valence-corrected chi connectivity index (χ4v) is 3.67. The zero-order valence-electron chi connectivity index (χ0n) is 15.1. The fraction of sp³-hybridized carbons (Fsp3) is 0.556. The Morgan fingerprint density at radius 1 is 1.15 bits per heavy atom. The lowest BCUT2D eigenvalue weighted by Gasteiger charge is -2.26. The van der Waals surface area contributed by atoms with Crippen LogP contribution in [0.2, 0.25) is 0 Å². The van der Waals surface area contributed by atoms with Gasteiger partial charge in [0.1, 0.15) is 23.6 Å². The summed E-state index contributed by atoms with van der Waals surface area (Å²) in [7, 11) is 0. The highest BCUT2D eigenvalue weighted by Gasteiger charge is 2.27. The van der Waals surface area contributed by atoms with Gasteiger partial charge in [0, 0.05) is 44.2 Å². The second kappa shape index (κ2) is 7.31. The van der Waals surface area contributed by atoms with Gasteiger partial charge in [0.25, 0.3) is 0 Å². The number of hydrogen-bond acceptors (Lipinski definition) is 6. The summed E-state index contributed by atoms with van der Waals surface area (Å²) in [5.74, 6) is 1.58. The molecule has 8 nitrogen and oxygen atoms in total. The number of hydrogen-bond donors (Lipinski definition) is 1. The Kier molecular flexibility index (Phi) is 4.73. The SMILES string of the molecule is Cc1nc2c(c(NCc3ccon3)n1)CCN(C(=O)N1CCCC1)CC2. The molecule has 2 aromatic rings. The molecule has 0 saturated carbocycles. The maximum Gasteiger partial charge on any atom is 0.320 e. The first-order valence-corrected chi connectivity index (χ1v) is 9.24. The first-order valence-electron chi connectivity index (χ1n) is 9.24. The van der Waals surface area contributed by atoms with Crippen molar-refractivity contribution in [3.63, 3.8) is 0 Å². The second-order valence-electron chi connectivity index (χ2n) is 6.85. The summed E-state index contributed by atoms with van der Waals surface area (Å²) in [5, 5.41) is 7.28. The van der Waals surface area contributed by atoms with Gasteiger partial charge in [-0.25, -0.2) is 14.8 Å². The zero-order valence-corrected chi connectivity index (χ0v) is 15.1. The van der Waals surface area contributed by atoms with Crippen LogP contribution in [0.15, 0.2) is 16.9 Å². The van der Waals surface area contributed by atoms with Crippen molar-refractivity contribution < 1.29 is 9.32 Å². The number of urea groups is 1. The zero-order chi connectivity index (χ0) is 17.9. The number of nitrogens with one attached hydrogen (secondary N) is 1. The predicted octanol–water partition coefficient (Wildman–Crippen LogP) is 2.00. The largest absolute Gasteiger partial charge is 0.364 e. The maximum absolute atomic E-state index is 12.7. The molecule has 4 rings (SSSR count). The number of aryl methyl sites for hydroxylation is 1. The monoisotopic (exact) mass is 356 g/mol. The quantitative estimate of drug-likeness (QED) is 0.905. The van der Waals surface area contributed by atoms with Crippen LogP contribution in [0, 0.1) is 6.92 Å². The number of fused-ring (bicyclic) bond motifs is 1. The van der Waals surface area contributed by atoms with Crippen molar-refractivity contribution in [2.45, 2.75) is 39.2 Å². The van der Waals surface area contributed by atoms with Gasteiger partial charge in [-0.15, -0.1) is 0 Å². The van der Waals surface area contributed by atoms with Gasteiger partial charge in [0.05, 0.1) is 12.2 Å². The highest BCUT2D eigenvalue weighted by molar-refractivity contribution is 5.75. The van der Waals surface area contributed by atoms with E-state index in [0.29, 0.717) is 19.6 Å². The molecule has 0 spiro atoms. The van der Waals surface area contributed by atoms with Crippen LogP contribution in [0.25, 0.3) is 0 Å². The number of carbonyl (C=O) groups is 1. The van der Waals surface area contributed by atoms with Crippen molar-refractivity contribution in [2.75, 3.05) is 31.5 Å². The third-order valence-electron chi connectivity index (χ3n) is 5.03. The molecule has 26 heavy (non-hydrogen) atoms. The average Bonchev–Trinajstić information content (AvgIpc) is 3.30. The number of amides is 2. The van der Waals surface area contributed by atoms with E-state index in [9.17, 15) is 4.79 Å². The molecule has 0 aliphatic carbocycles. The topological polar surface area (TPSA) is 87.4 Å². The summed E-state index contributed by atoms with van der Waals surface area (Å²) in [5.41, 5.74) is 2.97. The Bertz CT molecular complexity index is 770. The van der Waals surface area contributed by atoms with Gasteiger partial charge >= 0.3 is 6.03 Å². The Hall–Kier alpha value is -2.64. The summed E-state index contributed by atoms with van der Waals surface area (Å²) < 4.78 is 4.88. The van der Waals surface area contributed by atoms with Crippen molar-refractivity contribution >= 4 is 11.8 Å². The van der Waals surface area contributed by atoms with E-state index in [1.54, 1.807) is 6.26 Å². The van der Waals surface area contributed by atoms with Gasteiger partial charge in [-0.1, -0.05) is 5.16 Å². The van der Waals surface area contributed by atoms with E-state index in [4.69, 9.17) is 4.52 Å². The Labute approximate surface area is 152 Å². The molecule has 1 fully saturated rings. The first kappa shape index (κ1) is 16.8. The summed E-state index contributed by atoms with van der Waals surface area (Å²) in [4.78, 5) is 25.9. The van der Waals surface area contributed by atoms with Crippen molar-refractivity contribution in [1.82, 2.24) is 24.9 Å². The average molecular weight is 356 g/mol. The van der Waals surface area contributed by atoms with Crippen LogP contribution >= 0.6 is 0 Å². The number of anilines is 1. The molecule has 2 aliphatic rings. The molecule has 0 aromatic carbocycles. The highest BCUT2D eigenvalue weighted by atomic mass is 16.5. The lowest BCUT2D eigenvalue weighted by atomic mass is 10.1. The minimum absolute atomic E-state index is 0.164. The van der Waals surface area contributed by atoms with E-state index in [0.717, 1.165) is 67.4 Å². The summed E-state index contributed by atoms with van der Waals surface area (Å²) in [6.45, 7) is 5.63. The molecule has 1 N–H and O–H groups in total. The molecule has 8 heteroatoms. The molecule has 0 atom stereocenters. The van der Waals surface area contributed by atoms with E-state index >= 15 is 0 Å². The smallest absolute Gasteiger partial charge is 0.320 e. The number of aromatic nitrogens is 3. The van der Waals surface area contributed by atoms with Crippen LogP contribution in [0.5, 0.6) is 0 Å². The van der Waals surface area contributed by atoms with Crippen LogP contribution < -0.4 is 5.32 Å². The van der Waals surface area contributed by atoms with Crippen LogP contribution in [0.1, 0.15) is 35.6 Å². The third kappa shape index (κ3) is 3.49. The second-order valence-corrected chi connectivity index (χ2v) is 6.85. The molecule has 0 radical (unpaired) electrons. The molecular formula is C18H24N6O2. The van der Waals surface area contributed by atoms with Crippen molar-refractivity contribution in [3.05, 3.63) is 35.1 Å². The lowest BCUT2D eigenvalue weighted by Crippen LogP contribution is -2.42. The van der Waals surface area contributed by atoms with Crippen molar-refractivity contribution in [1.29, 1.82) is 0 Å². The molecule has 2 amide bonds. The molecule has 2 aliphatic heterocycles. The van der Waals surface area contributed by atoms with Crippen molar-refractivity contribution in [3.8, 4) is 0 Å². The van der Waals surface area contributed by atoms with E-state index in [1.807, 2.05) is 22.8 Å². The van der Waals surface area contributed by atoms with Gasteiger partial charge in [-0.3, -0.25) is 0 Å². The summed E-state index contributed by atoms with van der Waals surface area (Å²) >= 11 is 0. The van der Waals surface area contributed by atoms with Gasteiger partial charge in [0.2, 0.25) is 0 Å². The maximum atomic E-state index is 12.7. The van der Waals surface area contributed by atoms with Crippen LogP contribution in [-0.4, -0.2) is 57.1 Å². The first-order chi connectivity index (χ1) is 12.7.